The maximum Gasteiger partial charge on any atom is 0.0501 e. The summed E-state index contributed by atoms with van der Waals surface area (Å²) in [6.07, 6.45) is 14.0. The van der Waals surface area contributed by atoms with Gasteiger partial charge >= 0.3 is 0 Å². The van der Waals surface area contributed by atoms with Gasteiger partial charge in [0.15, 0.2) is 0 Å². The van der Waals surface area contributed by atoms with E-state index in [-0.39, 0.29) is 0 Å². The van der Waals surface area contributed by atoms with Gasteiger partial charge in [-0.05, 0) is 92.1 Å². The number of hydrogen-bond acceptors (Lipinski definition) is 2. The van der Waals surface area contributed by atoms with Gasteiger partial charge < -0.3 is 19.8 Å². The van der Waals surface area contributed by atoms with Crippen LogP contribution in [-0.2, 0) is 14.1 Å². The van der Waals surface area contributed by atoms with Crippen LogP contribution in [0.3, 0.4) is 0 Å². The van der Waals surface area contributed by atoms with E-state index < -0.39 is 0 Å². The van der Waals surface area contributed by atoms with Crippen molar-refractivity contribution in [3.63, 3.8) is 0 Å². The van der Waals surface area contributed by atoms with Crippen LogP contribution in [0, 0.1) is 0 Å². The molecule has 0 spiro atoms. The lowest BCUT2D eigenvalue weighted by atomic mass is 9.84. The van der Waals surface area contributed by atoms with Crippen molar-refractivity contribution in [2.45, 2.75) is 56.8 Å². The van der Waals surface area contributed by atoms with E-state index in [0.29, 0.717) is 5.92 Å². The van der Waals surface area contributed by atoms with Gasteiger partial charge in [0.25, 0.3) is 0 Å². The SMILES string of the molecule is Cn1cc(C2CCCCC2)c2ccc(Nc3ccc4c(c3)c(C3CCNCC3)cn4C)cc21. The molecular formula is C29H36N4. The third kappa shape index (κ3) is 3.85. The number of nitrogens with one attached hydrogen (secondary N) is 2. The molecule has 0 radical (unpaired) electrons. The molecule has 1 saturated carbocycles. The van der Waals surface area contributed by atoms with Crippen LogP contribution >= 0.6 is 0 Å². The van der Waals surface area contributed by atoms with Gasteiger partial charge in [-0.2, -0.15) is 0 Å². The first-order valence-electron chi connectivity index (χ1n) is 12.8. The van der Waals surface area contributed by atoms with Crippen molar-refractivity contribution in [2.75, 3.05) is 18.4 Å². The van der Waals surface area contributed by atoms with Crippen LogP contribution in [0.4, 0.5) is 11.4 Å². The lowest BCUT2D eigenvalue weighted by Crippen LogP contribution is -2.26. The van der Waals surface area contributed by atoms with Crippen LogP contribution in [0.15, 0.2) is 48.8 Å². The molecule has 3 heterocycles. The molecule has 33 heavy (non-hydrogen) atoms. The summed E-state index contributed by atoms with van der Waals surface area (Å²) in [6, 6.07) is 13.8. The summed E-state index contributed by atoms with van der Waals surface area (Å²) in [6.45, 7) is 2.25. The van der Waals surface area contributed by atoms with Crippen molar-refractivity contribution >= 4 is 33.2 Å². The highest BCUT2D eigenvalue weighted by atomic mass is 14.9. The Hall–Kier alpha value is -2.72. The average Bonchev–Trinajstić information content (AvgIpc) is 3.36. The highest BCUT2D eigenvalue weighted by Crippen LogP contribution is 2.39. The van der Waals surface area contributed by atoms with E-state index in [2.05, 4.69) is 82.7 Å². The summed E-state index contributed by atoms with van der Waals surface area (Å²) in [5.74, 6) is 1.39. The zero-order valence-electron chi connectivity index (χ0n) is 20.0. The topological polar surface area (TPSA) is 33.9 Å². The number of fused-ring (bicyclic) bond motifs is 2. The van der Waals surface area contributed by atoms with Gasteiger partial charge in [0.1, 0.15) is 0 Å². The molecule has 0 amide bonds. The van der Waals surface area contributed by atoms with Crippen molar-refractivity contribution in [1.82, 2.24) is 14.5 Å². The maximum absolute atomic E-state index is 3.71. The Kier molecular flexibility index (Phi) is 5.41. The van der Waals surface area contributed by atoms with Crippen LogP contribution in [0.2, 0.25) is 0 Å². The smallest absolute Gasteiger partial charge is 0.0501 e. The number of aryl methyl sites for hydroxylation is 2. The molecule has 1 aliphatic carbocycles. The van der Waals surface area contributed by atoms with Crippen molar-refractivity contribution in [3.05, 3.63) is 59.9 Å². The van der Waals surface area contributed by atoms with E-state index in [9.17, 15) is 0 Å². The summed E-state index contributed by atoms with van der Waals surface area (Å²) in [5, 5.41) is 10.0. The first-order valence-corrected chi connectivity index (χ1v) is 12.8. The number of anilines is 2. The minimum Gasteiger partial charge on any atom is -0.355 e. The van der Waals surface area contributed by atoms with Crippen molar-refractivity contribution in [2.24, 2.45) is 14.1 Å². The monoisotopic (exact) mass is 440 g/mol. The van der Waals surface area contributed by atoms with Crippen LogP contribution in [0.5, 0.6) is 0 Å². The Bertz CT molecular complexity index is 1280. The van der Waals surface area contributed by atoms with Gasteiger partial charge in [0.05, 0.1) is 5.52 Å². The summed E-state index contributed by atoms with van der Waals surface area (Å²) in [5.41, 5.74) is 8.05. The van der Waals surface area contributed by atoms with E-state index in [1.54, 1.807) is 5.56 Å². The fraction of sp³-hybridized carbons (Fsp3) is 0.448. The summed E-state index contributed by atoms with van der Waals surface area (Å²) in [4.78, 5) is 0. The zero-order valence-corrected chi connectivity index (χ0v) is 20.0. The van der Waals surface area contributed by atoms with Gasteiger partial charge in [0, 0.05) is 54.2 Å². The normalized spacial score (nSPS) is 18.4. The van der Waals surface area contributed by atoms with Crippen LogP contribution in [0.25, 0.3) is 21.8 Å². The molecule has 1 aliphatic heterocycles. The number of aromatic nitrogens is 2. The van der Waals surface area contributed by atoms with Crippen LogP contribution in [0.1, 0.15) is 67.9 Å². The van der Waals surface area contributed by atoms with E-state index in [1.807, 2.05) is 0 Å². The molecule has 4 heteroatoms. The van der Waals surface area contributed by atoms with E-state index in [1.165, 1.54) is 78.0 Å². The second-order valence-electron chi connectivity index (χ2n) is 10.3. The number of benzene rings is 2. The maximum atomic E-state index is 3.71. The molecular weight excluding hydrogens is 404 g/mol. The third-order valence-corrected chi connectivity index (χ3v) is 8.15. The van der Waals surface area contributed by atoms with Gasteiger partial charge in [-0.15, -0.1) is 0 Å². The molecule has 172 valence electrons. The fourth-order valence-corrected chi connectivity index (χ4v) is 6.36. The molecule has 2 fully saturated rings. The van der Waals surface area contributed by atoms with Crippen LogP contribution < -0.4 is 10.6 Å². The summed E-state index contributed by atoms with van der Waals surface area (Å²) < 4.78 is 4.61. The summed E-state index contributed by atoms with van der Waals surface area (Å²) in [7, 11) is 4.37. The zero-order chi connectivity index (χ0) is 22.4. The van der Waals surface area contributed by atoms with Gasteiger partial charge in [-0.1, -0.05) is 25.3 Å². The standard InChI is InChI=1S/C29H36N4/c1-32-19-27(21-12-14-30-15-13-21)25-16-22(9-11-28(25)32)31-23-8-10-24-26(18-33(2)29(24)17-23)20-6-4-3-5-7-20/h8-11,16-21,30-31H,3-7,12-15H2,1-2H3. The summed E-state index contributed by atoms with van der Waals surface area (Å²) >= 11 is 0. The lowest BCUT2D eigenvalue weighted by Gasteiger charge is -2.22. The molecule has 2 N–H and O–H groups in total. The van der Waals surface area contributed by atoms with Crippen molar-refractivity contribution in [3.8, 4) is 0 Å². The number of hydrogen-bond donors (Lipinski definition) is 2. The van der Waals surface area contributed by atoms with Gasteiger partial charge in [-0.25, -0.2) is 0 Å². The highest BCUT2D eigenvalue weighted by Gasteiger charge is 2.21. The lowest BCUT2D eigenvalue weighted by molar-refractivity contribution is 0.445. The Balaban J connectivity index is 1.31. The molecule has 4 aromatic rings. The molecule has 2 aromatic carbocycles. The Labute approximate surface area is 197 Å². The Morgan fingerprint density at radius 3 is 2.12 bits per heavy atom. The predicted molar refractivity (Wildman–Crippen MR) is 140 cm³/mol. The number of nitrogens with zero attached hydrogens (tertiary/aromatic N) is 2. The predicted octanol–water partition coefficient (Wildman–Crippen LogP) is 6.93. The molecule has 0 unspecified atom stereocenters. The van der Waals surface area contributed by atoms with Gasteiger partial charge in [0.2, 0.25) is 0 Å². The van der Waals surface area contributed by atoms with Crippen molar-refractivity contribution < 1.29 is 0 Å². The number of rotatable bonds is 4. The molecule has 4 nitrogen and oxygen atoms in total. The Morgan fingerprint density at radius 1 is 0.697 bits per heavy atom. The minimum absolute atomic E-state index is 0.656. The van der Waals surface area contributed by atoms with E-state index in [4.69, 9.17) is 0 Å². The molecule has 6 rings (SSSR count). The highest BCUT2D eigenvalue weighted by molar-refractivity contribution is 5.90. The molecule has 2 aliphatic rings. The average molecular weight is 441 g/mol. The van der Waals surface area contributed by atoms with Gasteiger partial charge in [-0.3, -0.25) is 0 Å². The van der Waals surface area contributed by atoms with E-state index in [0.717, 1.165) is 24.7 Å². The second-order valence-corrected chi connectivity index (χ2v) is 10.3. The molecule has 2 aromatic heterocycles. The minimum atomic E-state index is 0.656. The first-order chi connectivity index (χ1) is 16.2. The van der Waals surface area contributed by atoms with Crippen molar-refractivity contribution in [1.29, 1.82) is 0 Å². The molecule has 0 atom stereocenters. The first kappa shape index (κ1) is 20.9. The largest absolute Gasteiger partial charge is 0.355 e. The second kappa shape index (κ2) is 8.57. The Morgan fingerprint density at radius 2 is 1.33 bits per heavy atom. The molecule has 0 bridgehead atoms. The molecule has 1 saturated heterocycles. The number of piperidine rings is 1. The third-order valence-electron chi connectivity index (χ3n) is 8.15. The van der Waals surface area contributed by atoms with Crippen LogP contribution in [-0.4, -0.2) is 22.2 Å². The van der Waals surface area contributed by atoms with E-state index >= 15 is 0 Å². The fourth-order valence-electron chi connectivity index (χ4n) is 6.36. The quantitative estimate of drug-likeness (QED) is 0.361.